The van der Waals surface area contributed by atoms with E-state index in [1.165, 1.54) is 0 Å². The van der Waals surface area contributed by atoms with Gasteiger partial charge >= 0.3 is 0 Å². The predicted octanol–water partition coefficient (Wildman–Crippen LogP) is 4.48. The van der Waals surface area contributed by atoms with Gasteiger partial charge in [-0.1, -0.05) is 18.5 Å². The summed E-state index contributed by atoms with van der Waals surface area (Å²) in [4.78, 5) is 0. The zero-order chi connectivity index (χ0) is 13.0. The minimum Gasteiger partial charge on any atom is -0.493 e. The molecule has 0 aromatic heterocycles. The van der Waals surface area contributed by atoms with E-state index in [4.69, 9.17) is 22.8 Å². The first kappa shape index (κ1) is 13.9. The fourth-order valence-electron chi connectivity index (χ4n) is 2.08. The highest BCUT2D eigenvalue weighted by Gasteiger charge is 2.18. The molecule has 0 N–H and O–H groups in total. The van der Waals surface area contributed by atoms with Crippen LogP contribution in [0, 0.1) is 26.2 Å². The van der Waals surface area contributed by atoms with Crippen molar-refractivity contribution in [2.75, 3.05) is 6.61 Å². The van der Waals surface area contributed by atoms with Crippen molar-refractivity contribution in [1.29, 1.82) is 0 Å². The van der Waals surface area contributed by atoms with Crippen molar-refractivity contribution < 1.29 is 4.74 Å². The first-order chi connectivity index (χ1) is 8.02. The Morgan fingerprint density at radius 2 is 2.12 bits per heavy atom. The van der Waals surface area contributed by atoms with E-state index in [0.717, 1.165) is 27.5 Å². The van der Waals surface area contributed by atoms with Crippen LogP contribution in [0.4, 0.5) is 0 Å². The van der Waals surface area contributed by atoms with E-state index in [9.17, 15) is 0 Å². The van der Waals surface area contributed by atoms with Crippen LogP contribution in [0.3, 0.4) is 0 Å². The van der Waals surface area contributed by atoms with Gasteiger partial charge in [-0.2, -0.15) is 0 Å². The molecule has 0 saturated carbocycles. The molecular formula is C15H19ClO. The minimum absolute atomic E-state index is 0.263. The van der Waals surface area contributed by atoms with Crippen LogP contribution in [0.25, 0.3) is 0 Å². The Labute approximate surface area is 109 Å². The number of rotatable bonds is 4. The second-order valence-electron chi connectivity index (χ2n) is 4.29. The van der Waals surface area contributed by atoms with E-state index in [1.54, 1.807) is 0 Å². The van der Waals surface area contributed by atoms with Crippen LogP contribution >= 0.6 is 11.6 Å². The zero-order valence-corrected chi connectivity index (χ0v) is 11.7. The summed E-state index contributed by atoms with van der Waals surface area (Å²) in [6.45, 7) is 8.78. The molecule has 17 heavy (non-hydrogen) atoms. The molecule has 1 aromatic carbocycles. The van der Waals surface area contributed by atoms with Gasteiger partial charge in [0.15, 0.2) is 0 Å². The van der Waals surface area contributed by atoms with Crippen LogP contribution in [0.1, 0.15) is 42.9 Å². The molecule has 1 unspecified atom stereocenters. The van der Waals surface area contributed by atoms with E-state index in [-0.39, 0.29) is 5.92 Å². The van der Waals surface area contributed by atoms with E-state index in [0.29, 0.717) is 13.0 Å². The Kier molecular flexibility index (Phi) is 4.90. The van der Waals surface area contributed by atoms with Crippen LogP contribution in [0.5, 0.6) is 5.75 Å². The van der Waals surface area contributed by atoms with Gasteiger partial charge < -0.3 is 4.74 Å². The molecule has 0 amide bonds. The number of halogens is 1. The first-order valence-corrected chi connectivity index (χ1v) is 6.26. The molecule has 1 aromatic rings. The summed E-state index contributed by atoms with van der Waals surface area (Å²) >= 11 is 6.23. The summed E-state index contributed by atoms with van der Waals surface area (Å²) in [5, 5.41) is 0.782. The number of terminal acetylenes is 1. The molecule has 0 saturated heterocycles. The monoisotopic (exact) mass is 250 g/mol. The summed E-state index contributed by atoms with van der Waals surface area (Å²) in [7, 11) is 0. The highest BCUT2D eigenvalue weighted by atomic mass is 35.5. The Hall–Kier alpha value is -1.13. The molecule has 0 spiro atoms. The minimum atomic E-state index is 0.263. The van der Waals surface area contributed by atoms with Crippen LogP contribution in [-0.4, -0.2) is 6.61 Å². The normalized spacial score (nSPS) is 12.0. The van der Waals surface area contributed by atoms with Crippen molar-refractivity contribution in [2.45, 2.75) is 40.0 Å². The lowest BCUT2D eigenvalue weighted by Crippen LogP contribution is -2.05. The standard InChI is InChI=1S/C15H19ClO/c1-6-8-10(3)14-12(5)13(16)9-11(4)15(14)17-7-2/h1,9-10H,7-8H2,2-5H3. The molecule has 1 rings (SSSR count). The molecule has 2 heteroatoms. The van der Waals surface area contributed by atoms with Gasteiger partial charge in [0, 0.05) is 17.0 Å². The summed E-state index contributed by atoms with van der Waals surface area (Å²) in [6.07, 6.45) is 6.09. The lowest BCUT2D eigenvalue weighted by molar-refractivity contribution is 0.332. The van der Waals surface area contributed by atoms with Gasteiger partial charge in [0.25, 0.3) is 0 Å². The second kappa shape index (κ2) is 5.98. The Morgan fingerprint density at radius 1 is 1.47 bits per heavy atom. The van der Waals surface area contributed by atoms with E-state index >= 15 is 0 Å². The lowest BCUT2D eigenvalue weighted by atomic mass is 9.91. The van der Waals surface area contributed by atoms with Crippen molar-refractivity contribution >= 4 is 11.6 Å². The average Bonchev–Trinajstić information content (AvgIpc) is 2.26. The van der Waals surface area contributed by atoms with Crippen LogP contribution in [-0.2, 0) is 0 Å². The van der Waals surface area contributed by atoms with Gasteiger partial charge in [-0.15, -0.1) is 12.3 Å². The second-order valence-corrected chi connectivity index (χ2v) is 4.69. The van der Waals surface area contributed by atoms with Crippen LogP contribution in [0.15, 0.2) is 6.07 Å². The van der Waals surface area contributed by atoms with Gasteiger partial charge in [-0.25, -0.2) is 0 Å². The molecule has 0 aliphatic heterocycles. The summed E-state index contributed by atoms with van der Waals surface area (Å²) in [5.74, 6) is 3.91. The molecular weight excluding hydrogens is 232 g/mol. The predicted molar refractivity (Wildman–Crippen MR) is 74.0 cm³/mol. The molecule has 0 radical (unpaired) electrons. The Balaban J connectivity index is 3.37. The van der Waals surface area contributed by atoms with E-state index < -0.39 is 0 Å². The molecule has 92 valence electrons. The fourth-order valence-corrected chi connectivity index (χ4v) is 2.35. The SMILES string of the molecule is C#CCC(C)c1c(C)c(Cl)cc(C)c1OCC. The number of hydrogen-bond donors (Lipinski definition) is 0. The van der Waals surface area contributed by atoms with Gasteiger partial charge in [0.05, 0.1) is 6.61 Å². The van der Waals surface area contributed by atoms with E-state index in [1.807, 2.05) is 26.8 Å². The highest BCUT2D eigenvalue weighted by molar-refractivity contribution is 6.31. The van der Waals surface area contributed by atoms with Crippen molar-refractivity contribution in [3.63, 3.8) is 0 Å². The summed E-state index contributed by atoms with van der Waals surface area (Å²) in [6, 6.07) is 1.95. The van der Waals surface area contributed by atoms with Gasteiger partial charge in [-0.05, 0) is 43.9 Å². The van der Waals surface area contributed by atoms with E-state index in [2.05, 4.69) is 12.8 Å². The number of benzene rings is 1. The third kappa shape index (κ3) is 2.96. The van der Waals surface area contributed by atoms with Gasteiger partial charge in [0.2, 0.25) is 0 Å². The van der Waals surface area contributed by atoms with Gasteiger partial charge in [-0.3, -0.25) is 0 Å². The largest absolute Gasteiger partial charge is 0.493 e. The number of hydrogen-bond acceptors (Lipinski definition) is 1. The fraction of sp³-hybridized carbons (Fsp3) is 0.467. The van der Waals surface area contributed by atoms with Crippen molar-refractivity contribution in [3.05, 3.63) is 27.8 Å². The molecule has 0 aliphatic carbocycles. The van der Waals surface area contributed by atoms with Crippen molar-refractivity contribution in [1.82, 2.24) is 0 Å². The van der Waals surface area contributed by atoms with Crippen LogP contribution in [0.2, 0.25) is 5.02 Å². The Bertz CT molecular complexity index is 443. The maximum absolute atomic E-state index is 6.23. The first-order valence-electron chi connectivity index (χ1n) is 5.88. The number of aryl methyl sites for hydroxylation is 1. The third-order valence-electron chi connectivity index (χ3n) is 2.91. The lowest BCUT2D eigenvalue weighted by Gasteiger charge is -2.20. The smallest absolute Gasteiger partial charge is 0.126 e. The molecule has 1 atom stereocenters. The van der Waals surface area contributed by atoms with Crippen molar-refractivity contribution in [3.8, 4) is 18.1 Å². The van der Waals surface area contributed by atoms with Crippen LogP contribution < -0.4 is 4.74 Å². The quantitative estimate of drug-likeness (QED) is 0.716. The highest BCUT2D eigenvalue weighted by Crippen LogP contribution is 2.38. The summed E-state index contributed by atoms with van der Waals surface area (Å²) < 4.78 is 5.74. The molecule has 0 bridgehead atoms. The maximum Gasteiger partial charge on any atom is 0.126 e. The maximum atomic E-state index is 6.23. The molecule has 1 nitrogen and oxygen atoms in total. The zero-order valence-electron chi connectivity index (χ0n) is 10.9. The van der Waals surface area contributed by atoms with Crippen molar-refractivity contribution in [2.24, 2.45) is 0 Å². The molecule has 0 fully saturated rings. The molecule has 0 aliphatic rings. The molecule has 0 heterocycles. The average molecular weight is 251 g/mol. The third-order valence-corrected chi connectivity index (χ3v) is 3.31. The topological polar surface area (TPSA) is 9.23 Å². The summed E-state index contributed by atoms with van der Waals surface area (Å²) in [5.41, 5.74) is 3.29. The Morgan fingerprint density at radius 3 is 2.65 bits per heavy atom. The van der Waals surface area contributed by atoms with Gasteiger partial charge in [0.1, 0.15) is 5.75 Å². The number of ether oxygens (including phenoxy) is 1.